The van der Waals surface area contributed by atoms with E-state index in [1.54, 1.807) is 0 Å². The number of hydrogen-bond acceptors (Lipinski definition) is 5. The Bertz CT molecular complexity index is 824. The van der Waals surface area contributed by atoms with Crippen LogP contribution in [0, 0.1) is 5.82 Å². The number of carbonyl (C=O) groups is 1. The Morgan fingerprint density at radius 2 is 1.70 bits per heavy atom. The molecule has 0 spiro atoms. The molecule has 0 bridgehead atoms. The van der Waals surface area contributed by atoms with E-state index in [2.05, 4.69) is 14.8 Å². The third-order valence-corrected chi connectivity index (χ3v) is 6.36. The number of nitrogens with zero attached hydrogens (tertiary/aromatic N) is 4. The van der Waals surface area contributed by atoms with Gasteiger partial charge in [0.15, 0.2) is 5.69 Å². The number of oxazole rings is 1. The van der Waals surface area contributed by atoms with Gasteiger partial charge in [0, 0.05) is 45.8 Å². The molecule has 0 N–H and O–H groups in total. The first-order chi connectivity index (χ1) is 14.6. The van der Waals surface area contributed by atoms with Crippen LogP contribution in [0.3, 0.4) is 0 Å². The fourth-order valence-corrected chi connectivity index (χ4v) is 4.44. The Morgan fingerprint density at radius 3 is 2.37 bits per heavy atom. The molecule has 2 aliphatic rings. The largest absolute Gasteiger partial charge is 0.447 e. The number of benzene rings is 1. The summed E-state index contributed by atoms with van der Waals surface area (Å²) in [7, 11) is 1.88. The Labute approximate surface area is 177 Å². The first kappa shape index (κ1) is 21.0. The van der Waals surface area contributed by atoms with Gasteiger partial charge in [-0.25, -0.2) is 9.37 Å². The summed E-state index contributed by atoms with van der Waals surface area (Å²) in [6.07, 6.45) is 7.31. The van der Waals surface area contributed by atoms with E-state index in [0.717, 1.165) is 51.1 Å². The summed E-state index contributed by atoms with van der Waals surface area (Å²) in [5, 5.41) is 0. The van der Waals surface area contributed by atoms with Gasteiger partial charge in [-0.1, -0.05) is 31.4 Å². The van der Waals surface area contributed by atoms with Crippen molar-refractivity contribution in [2.45, 2.75) is 51.2 Å². The van der Waals surface area contributed by atoms with Crippen LogP contribution in [0.2, 0.25) is 0 Å². The monoisotopic (exact) mass is 414 g/mol. The molecule has 0 unspecified atom stereocenters. The summed E-state index contributed by atoms with van der Waals surface area (Å²) < 4.78 is 18.7. The highest BCUT2D eigenvalue weighted by Gasteiger charge is 2.26. The fraction of sp³-hybridized carbons (Fsp3) is 0.565. The van der Waals surface area contributed by atoms with Crippen LogP contribution in [0.4, 0.5) is 4.39 Å². The molecule has 4 rings (SSSR count). The van der Waals surface area contributed by atoms with E-state index < -0.39 is 0 Å². The molecule has 1 aromatic carbocycles. The number of aromatic nitrogens is 1. The van der Waals surface area contributed by atoms with Crippen molar-refractivity contribution in [1.82, 2.24) is 19.7 Å². The van der Waals surface area contributed by atoms with Crippen molar-refractivity contribution in [3.63, 3.8) is 0 Å². The van der Waals surface area contributed by atoms with E-state index in [1.807, 2.05) is 24.1 Å². The first-order valence-electron chi connectivity index (χ1n) is 11.0. The van der Waals surface area contributed by atoms with Crippen molar-refractivity contribution < 1.29 is 13.6 Å². The highest BCUT2D eigenvalue weighted by Crippen LogP contribution is 2.23. The van der Waals surface area contributed by atoms with Crippen LogP contribution in [0.5, 0.6) is 0 Å². The maximum absolute atomic E-state index is 13.1. The summed E-state index contributed by atoms with van der Waals surface area (Å²) in [5.74, 6) is 0.362. The highest BCUT2D eigenvalue weighted by molar-refractivity contribution is 5.92. The van der Waals surface area contributed by atoms with Crippen molar-refractivity contribution in [2.75, 3.05) is 33.2 Å². The van der Waals surface area contributed by atoms with Gasteiger partial charge in [0.25, 0.3) is 5.91 Å². The predicted molar refractivity (Wildman–Crippen MR) is 112 cm³/mol. The fourth-order valence-electron chi connectivity index (χ4n) is 4.44. The van der Waals surface area contributed by atoms with E-state index in [9.17, 15) is 9.18 Å². The Kier molecular flexibility index (Phi) is 6.79. The van der Waals surface area contributed by atoms with Gasteiger partial charge in [-0.3, -0.25) is 14.6 Å². The summed E-state index contributed by atoms with van der Waals surface area (Å²) in [4.78, 5) is 23.7. The highest BCUT2D eigenvalue weighted by atomic mass is 19.1. The van der Waals surface area contributed by atoms with Gasteiger partial charge in [0.05, 0.1) is 6.54 Å². The standard InChI is InChI=1S/C23H31FN4O2/c1-26(20-5-3-2-4-6-20)23(29)21-17-30-22(25-21)16-28-13-11-27(12-14-28)15-18-7-9-19(24)10-8-18/h7-10,17,20H,2-6,11-16H2,1H3. The number of amides is 1. The number of piperazine rings is 1. The van der Waals surface area contributed by atoms with Crippen LogP contribution < -0.4 is 0 Å². The van der Waals surface area contributed by atoms with Gasteiger partial charge in [-0.05, 0) is 30.5 Å². The molecule has 0 radical (unpaired) electrons. The Hall–Kier alpha value is -2.25. The molecule has 1 aliphatic carbocycles. The molecule has 162 valence electrons. The van der Waals surface area contributed by atoms with Crippen LogP contribution in [-0.2, 0) is 13.1 Å². The molecule has 1 amide bonds. The second-order valence-corrected chi connectivity index (χ2v) is 8.51. The summed E-state index contributed by atoms with van der Waals surface area (Å²) >= 11 is 0. The van der Waals surface area contributed by atoms with Crippen LogP contribution >= 0.6 is 0 Å². The lowest BCUT2D eigenvalue weighted by Crippen LogP contribution is -2.45. The van der Waals surface area contributed by atoms with Crippen LogP contribution in [-0.4, -0.2) is 64.9 Å². The zero-order valence-electron chi connectivity index (χ0n) is 17.7. The normalized spacial score (nSPS) is 19.1. The molecule has 7 heteroatoms. The van der Waals surface area contributed by atoms with Gasteiger partial charge in [0.2, 0.25) is 5.89 Å². The van der Waals surface area contributed by atoms with E-state index >= 15 is 0 Å². The number of halogens is 1. The van der Waals surface area contributed by atoms with Crippen LogP contribution in [0.15, 0.2) is 34.9 Å². The van der Waals surface area contributed by atoms with Gasteiger partial charge in [-0.2, -0.15) is 0 Å². The van der Waals surface area contributed by atoms with Crippen LogP contribution in [0.25, 0.3) is 0 Å². The van der Waals surface area contributed by atoms with Gasteiger partial charge >= 0.3 is 0 Å². The average molecular weight is 415 g/mol. The van der Waals surface area contributed by atoms with E-state index in [0.29, 0.717) is 24.2 Å². The molecule has 30 heavy (non-hydrogen) atoms. The molecule has 2 fully saturated rings. The molecular formula is C23H31FN4O2. The number of hydrogen-bond donors (Lipinski definition) is 0. The smallest absolute Gasteiger partial charge is 0.275 e. The molecular weight excluding hydrogens is 383 g/mol. The average Bonchev–Trinajstić information content (AvgIpc) is 3.25. The minimum Gasteiger partial charge on any atom is -0.447 e. The van der Waals surface area contributed by atoms with Crippen molar-refractivity contribution in [1.29, 1.82) is 0 Å². The summed E-state index contributed by atoms with van der Waals surface area (Å²) in [6, 6.07) is 7.03. The predicted octanol–water partition coefficient (Wildman–Crippen LogP) is 3.54. The second kappa shape index (κ2) is 9.71. The van der Waals surface area contributed by atoms with Gasteiger partial charge in [-0.15, -0.1) is 0 Å². The lowest BCUT2D eigenvalue weighted by molar-refractivity contribution is 0.0690. The first-order valence-corrected chi connectivity index (χ1v) is 11.0. The Balaban J connectivity index is 1.25. The summed E-state index contributed by atoms with van der Waals surface area (Å²) in [6.45, 7) is 5.15. The minimum atomic E-state index is -0.197. The third-order valence-electron chi connectivity index (χ3n) is 6.36. The zero-order chi connectivity index (χ0) is 20.9. The van der Waals surface area contributed by atoms with Crippen molar-refractivity contribution >= 4 is 5.91 Å². The molecule has 1 aromatic heterocycles. The van der Waals surface area contributed by atoms with Crippen molar-refractivity contribution in [3.8, 4) is 0 Å². The topological polar surface area (TPSA) is 52.8 Å². The number of rotatable bonds is 6. The van der Waals surface area contributed by atoms with E-state index in [1.165, 1.54) is 37.7 Å². The molecule has 1 saturated carbocycles. The van der Waals surface area contributed by atoms with E-state index in [-0.39, 0.29) is 11.7 Å². The van der Waals surface area contributed by atoms with Gasteiger partial charge < -0.3 is 9.32 Å². The van der Waals surface area contributed by atoms with Crippen molar-refractivity contribution in [2.24, 2.45) is 0 Å². The van der Waals surface area contributed by atoms with E-state index in [4.69, 9.17) is 4.42 Å². The lowest BCUT2D eigenvalue weighted by atomic mass is 9.94. The summed E-state index contributed by atoms with van der Waals surface area (Å²) in [5.41, 5.74) is 1.54. The SMILES string of the molecule is CN(C(=O)c1coc(CN2CCN(Cc3ccc(F)cc3)CC2)n1)C1CCCCC1. The zero-order valence-corrected chi connectivity index (χ0v) is 17.7. The molecule has 0 atom stereocenters. The Morgan fingerprint density at radius 1 is 1.07 bits per heavy atom. The molecule has 6 nitrogen and oxygen atoms in total. The van der Waals surface area contributed by atoms with Crippen LogP contribution in [0.1, 0.15) is 54.0 Å². The second-order valence-electron chi connectivity index (χ2n) is 8.51. The van der Waals surface area contributed by atoms with Gasteiger partial charge in [0.1, 0.15) is 12.1 Å². The molecule has 1 aliphatic heterocycles. The quantitative estimate of drug-likeness (QED) is 0.724. The molecule has 2 aromatic rings. The molecule has 2 heterocycles. The number of carbonyl (C=O) groups excluding carboxylic acids is 1. The third kappa shape index (κ3) is 5.26. The maximum atomic E-state index is 13.1. The van der Waals surface area contributed by atoms with Crippen molar-refractivity contribution in [3.05, 3.63) is 53.5 Å². The maximum Gasteiger partial charge on any atom is 0.275 e. The lowest BCUT2D eigenvalue weighted by Gasteiger charge is -2.34. The minimum absolute atomic E-state index is 0.0407. The molecule has 1 saturated heterocycles.